The Kier molecular flexibility index (Phi) is 5.34. The van der Waals surface area contributed by atoms with Crippen molar-refractivity contribution < 1.29 is 8.42 Å². The molecule has 0 radical (unpaired) electrons. The minimum atomic E-state index is -3.33. The van der Waals surface area contributed by atoms with Crippen LogP contribution < -0.4 is 4.72 Å². The lowest BCUT2D eigenvalue weighted by Crippen LogP contribution is -2.13. The second-order valence-corrected chi connectivity index (χ2v) is 10.5. The van der Waals surface area contributed by atoms with E-state index in [0.717, 1.165) is 33.5 Å². The van der Waals surface area contributed by atoms with E-state index in [2.05, 4.69) is 48.0 Å². The number of anilines is 1. The summed E-state index contributed by atoms with van der Waals surface area (Å²) in [6.07, 6.45) is 2.95. The molecule has 1 N–H and O–H groups in total. The quantitative estimate of drug-likeness (QED) is 0.580. The number of nitrogens with one attached hydrogen (secondary N) is 1. The zero-order valence-corrected chi connectivity index (χ0v) is 18.0. The minimum Gasteiger partial charge on any atom is -0.284 e. The molecular formula is C20H21ClN2O2S2. The van der Waals surface area contributed by atoms with Crippen LogP contribution in [0.4, 0.5) is 5.69 Å². The van der Waals surface area contributed by atoms with Crippen LogP contribution in [0.25, 0.3) is 21.6 Å². The normalized spacial score (nSPS) is 12.2. The molecule has 0 bridgehead atoms. The van der Waals surface area contributed by atoms with Crippen LogP contribution in [0.15, 0.2) is 48.0 Å². The van der Waals surface area contributed by atoms with Gasteiger partial charge in [-0.15, -0.1) is 11.3 Å². The van der Waals surface area contributed by atoms with Crippen LogP contribution in [0, 0.1) is 0 Å². The number of hydrogen-bond donors (Lipinski definition) is 1. The summed E-state index contributed by atoms with van der Waals surface area (Å²) in [6, 6.07) is 11.4. The van der Waals surface area contributed by atoms with Crippen LogP contribution in [0.2, 0.25) is 5.02 Å². The maximum Gasteiger partial charge on any atom is 0.229 e. The lowest BCUT2D eigenvalue weighted by Gasteiger charge is -2.17. The van der Waals surface area contributed by atoms with Crippen molar-refractivity contribution in [2.24, 2.45) is 0 Å². The molecule has 27 heavy (non-hydrogen) atoms. The molecule has 2 aromatic heterocycles. The molecule has 0 saturated heterocycles. The smallest absolute Gasteiger partial charge is 0.229 e. The molecule has 0 unspecified atom stereocenters. The molecule has 0 amide bonds. The Morgan fingerprint density at radius 3 is 2.44 bits per heavy atom. The Morgan fingerprint density at radius 1 is 1.07 bits per heavy atom. The molecule has 4 nitrogen and oxygen atoms in total. The number of thiophene rings is 1. The standard InChI is InChI=1S/C20H21ClN2O2S2/c1-20(2,3)19-10-13(7-8-22-19)18-9-14(12-26-18)16-6-5-15(11-17(16)21)23-27(4,24)25/h5-12,23H,1-4H3. The third kappa shape index (κ3) is 4.89. The summed E-state index contributed by atoms with van der Waals surface area (Å²) in [5, 5.41) is 2.55. The van der Waals surface area contributed by atoms with Gasteiger partial charge in [-0.3, -0.25) is 9.71 Å². The fraction of sp³-hybridized carbons (Fsp3) is 0.250. The SMILES string of the molecule is CC(C)(C)c1cc(-c2cc(-c3ccc(NS(C)(=O)=O)cc3Cl)cs2)ccn1. The largest absolute Gasteiger partial charge is 0.284 e. The summed E-state index contributed by atoms with van der Waals surface area (Å²) < 4.78 is 25.2. The Morgan fingerprint density at radius 2 is 1.81 bits per heavy atom. The molecule has 0 fully saturated rings. The van der Waals surface area contributed by atoms with Gasteiger partial charge in [-0.1, -0.05) is 38.4 Å². The highest BCUT2D eigenvalue weighted by Gasteiger charge is 2.16. The van der Waals surface area contributed by atoms with Crippen molar-refractivity contribution >= 4 is 38.6 Å². The first kappa shape index (κ1) is 19.9. The van der Waals surface area contributed by atoms with E-state index in [1.54, 1.807) is 23.5 Å². The third-order valence-corrected chi connectivity index (χ3v) is 5.89. The number of benzene rings is 1. The van der Waals surface area contributed by atoms with Crippen molar-refractivity contribution in [3.63, 3.8) is 0 Å². The molecule has 0 atom stereocenters. The van der Waals surface area contributed by atoms with E-state index < -0.39 is 10.0 Å². The van der Waals surface area contributed by atoms with Crippen LogP contribution in [0.5, 0.6) is 0 Å². The van der Waals surface area contributed by atoms with Crippen molar-refractivity contribution in [1.82, 2.24) is 4.98 Å². The minimum absolute atomic E-state index is 0.0121. The summed E-state index contributed by atoms with van der Waals surface area (Å²) in [7, 11) is -3.33. The lowest BCUT2D eigenvalue weighted by atomic mass is 9.90. The van der Waals surface area contributed by atoms with Gasteiger partial charge in [-0.05, 0) is 46.8 Å². The van der Waals surface area contributed by atoms with E-state index in [0.29, 0.717) is 10.7 Å². The number of aromatic nitrogens is 1. The second-order valence-electron chi connectivity index (χ2n) is 7.45. The van der Waals surface area contributed by atoms with Gasteiger partial charge in [-0.2, -0.15) is 0 Å². The van der Waals surface area contributed by atoms with Crippen LogP contribution in [0.3, 0.4) is 0 Å². The summed E-state index contributed by atoms with van der Waals surface area (Å²) in [5.74, 6) is 0. The van der Waals surface area contributed by atoms with Crippen LogP contribution in [-0.4, -0.2) is 19.7 Å². The number of halogens is 1. The van der Waals surface area contributed by atoms with E-state index >= 15 is 0 Å². The number of nitrogens with zero attached hydrogens (tertiary/aromatic N) is 1. The Balaban J connectivity index is 1.93. The average molecular weight is 421 g/mol. The molecule has 3 aromatic rings. The first-order valence-corrected chi connectivity index (χ1v) is 11.5. The third-order valence-electron chi connectivity index (χ3n) is 4.00. The van der Waals surface area contributed by atoms with Crippen LogP contribution in [-0.2, 0) is 15.4 Å². The highest BCUT2D eigenvalue weighted by Crippen LogP contribution is 2.37. The van der Waals surface area contributed by atoms with Gasteiger partial charge in [0.1, 0.15) is 0 Å². The van der Waals surface area contributed by atoms with Gasteiger partial charge in [0.05, 0.1) is 11.3 Å². The van der Waals surface area contributed by atoms with Crippen molar-refractivity contribution in [3.8, 4) is 21.6 Å². The van der Waals surface area contributed by atoms with E-state index in [9.17, 15) is 8.42 Å². The van der Waals surface area contributed by atoms with Gasteiger partial charge in [0.25, 0.3) is 0 Å². The summed E-state index contributed by atoms with van der Waals surface area (Å²) in [5.41, 5.74) is 4.47. The second kappa shape index (κ2) is 7.26. The van der Waals surface area contributed by atoms with Crippen molar-refractivity contribution in [2.45, 2.75) is 26.2 Å². The summed E-state index contributed by atoms with van der Waals surface area (Å²) >= 11 is 8.03. The van der Waals surface area contributed by atoms with Crippen molar-refractivity contribution in [2.75, 3.05) is 11.0 Å². The van der Waals surface area contributed by atoms with Gasteiger partial charge in [0.2, 0.25) is 10.0 Å². The van der Waals surface area contributed by atoms with Crippen molar-refractivity contribution in [3.05, 3.63) is 58.7 Å². The van der Waals surface area contributed by atoms with E-state index in [-0.39, 0.29) is 5.41 Å². The highest BCUT2D eigenvalue weighted by atomic mass is 35.5. The molecule has 0 aliphatic carbocycles. The molecule has 1 aromatic carbocycles. The zero-order chi connectivity index (χ0) is 19.8. The number of rotatable bonds is 4. The molecule has 7 heteroatoms. The van der Waals surface area contributed by atoms with Crippen LogP contribution in [0.1, 0.15) is 26.5 Å². The average Bonchev–Trinajstić information content (AvgIpc) is 3.02. The van der Waals surface area contributed by atoms with Gasteiger partial charge in [0.15, 0.2) is 0 Å². The van der Waals surface area contributed by atoms with Gasteiger partial charge in [-0.25, -0.2) is 8.42 Å². The highest BCUT2D eigenvalue weighted by molar-refractivity contribution is 7.92. The zero-order valence-electron chi connectivity index (χ0n) is 15.6. The first-order chi connectivity index (χ1) is 12.5. The number of pyridine rings is 1. The predicted molar refractivity (Wildman–Crippen MR) is 115 cm³/mol. The molecule has 2 heterocycles. The number of hydrogen-bond acceptors (Lipinski definition) is 4. The van der Waals surface area contributed by atoms with Gasteiger partial charge in [0, 0.05) is 33.4 Å². The fourth-order valence-corrected chi connectivity index (χ4v) is 4.40. The monoisotopic (exact) mass is 420 g/mol. The fourth-order valence-electron chi connectivity index (χ4n) is 2.65. The van der Waals surface area contributed by atoms with Crippen molar-refractivity contribution in [1.29, 1.82) is 0 Å². The summed E-state index contributed by atoms with van der Waals surface area (Å²) in [4.78, 5) is 5.61. The van der Waals surface area contributed by atoms with Gasteiger partial charge >= 0.3 is 0 Å². The topological polar surface area (TPSA) is 59.1 Å². The first-order valence-electron chi connectivity index (χ1n) is 8.36. The molecule has 0 spiro atoms. The Bertz CT molecular complexity index is 1080. The molecule has 0 aliphatic heterocycles. The van der Waals surface area contributed by atoms with Crippen LogP contribution >= 0.6 is 22.9 Å². The number of sulfonamides is 1. The Hall–Kier alpha value is -1.89. The van der Waals surface area contributed by atoms with E-state index in [4.69, 9.17) is 11.6 Å². The maximum absolute atomic E-state index is 11.4. The molecule has 0 saturated carbocycles. The predicted octanol–water partition coefficient (Wildman–Crippen LogP) is 5.80. The summed E-state index contributed by atoms with van der Waals surface area (Å²) in [6.45, 7) is 6.43. The Labute approximate surface area is 169 Å². The van der Waals surface area contributed by atoms with Gasteiger partial charge < -0.3 is 0 Å². The lowest BCUT2D eigenvalue weighted by molar-refractivity contribution is 0.569. The molecular weight excluding hydrogens is 400 g/mol. The maximum atomic E-state index is 11.4. The molecule has 142 valence electrons. The van der Waals surface area contributed by atoms with E-state index in [1.165, 1.54) is 0 Å². The molecule has 3 rings (SSSR count). The van der Waals surface area contributed by atoms with E-state index in [1.807, 2.05) is 18.3 Å². The molecule has 0 aliphatic rings.